The number of aromatic amines is 1. The molecule has 1 amide bonds. The third-order valence-corrected chi connectivity index (χ3v) is 7.84. The van der Waals surface area contributed by atoms with E-state index in [1.807, 2.05) is 30.3 Å². The largest absolute Gasteiger partial charge is 0.484 e. The number of pyridine rings is 1. The van der Waals surface area contributed by atoms with Crippen molar-refractivity contribution in [1.29, 1.82) is 0 Å². The van der Waals surface area contributed by atoms with Crippen molar-refractivity contribution < 1.29 is 37.7 Å². The average molecular weight is 656 g/mol. The van der Waals surface area contributed by atoms with E-state index in [0.717, 1.165) is 16.7 Å². The van der Waals surface area contributed by atoms with E-state index in [1.54, 1.807) is 36.1 Å². The molecule has 1 saturated heterocycles. The van der Waals surface area contributed by atoms with Crippen LogP contribution in [-0.2, 0) is 6.54 Å². The number of aryl methyl sites for hydroxylation is 1. The molecular weight excluding hydrogens is 624 g/mol. The SMILES string of the molecule is Cc1ccc(C(=O)O)c(Oc2nc(Oc3cccc(-c4cccc(CN)c4)c3)c(F)c(OC3CCN(C(=O)c4cnc[nH]4)CC3)c2F)c1. The Morgan fingerprint density at radius 3 is 2.38 bits per heavy atom. The lowest BCUT2D eigenvalue weighted by Gasteiger charge is -2.32. The Kier molecular flexibility index (Phi) is 9.30. The van der Waals surface area contributed by atoms with Crippen LogP contribution < -0.4 is 19.9 Å². The zero-order valence-electron chi connectivity index (χ0n) is 25.8. The van der Waals surface area contributed by atoms with Gasteiger partial charge >= 0.3 is 5.97 Å². The smallest absolute Gasteiger partial charge is 0.339 e. The standard InChI is InChI=1S/C35H31F2N5O6/c1-20-8-9-26(35(44)45)28(14-20)48-33-30(37)31(46-24-10-12-42(13-11-24)34(43)27-18-39-19-40-27)29(36)32(41-33)47-25-7-3-6-23(16-25)22-5-2-4-21(15-22)17-38/h2-9,14-16,18-19,24H,10-13,17,38H2,1H3,(H,39,40)(H,44,45). The molecule has 0 atom stereocenters. The fraction of sp³-hybridized carbons (Fsp3) is 0.200. The number of nitrogens with zero attached hydrogens (tertiary/aromatic N) is 3. The number of ether oxygens (including phenoxy) is 3. The summed E-state index contributed by atoms with van der Waals surface area (Å²) in [6, 6.07) is 18.7. The van der Waals surface area contributed by atoms with Crippen molar-refractivity contribution in [3.05, 3.63) is 113 Å². The van der Waals surface area contributed by atoms with Crippen LogP contribution in [0, 0.1) is 18.6 Å². The first-order valence-electron chi connectivity index (χ1n) is 15.1. The summed E-state index contributed by atoms with van der Waals surface area (Å²) < 4.78 is 49.5. The number of nitrogens with two attached hydrogens (primary N) is 1. The van der Waals surface area contributed by atoms with E-state index in [-0.39, 0.29) is 48.9 Å². The Morgan fingerprint density at radius 2 is 1.69 bits per heavy atom. The number of hydrogen-bond donors (Lipinski definition) is 3. The molecule has 3 aromatic carbocycles. The summed E-state index contributed by atoms with van der Waals surface area (Å²) in [5.41, 5.74) is 9.03. The Morgan fingerprint density at radius 1 is 0.979 bits per heavy atom. The molecule has 246 valence electrons. The molecule has 48 heavy (non-hydrogen) atoms. The van der Waals surface area contributed by atoms with Gasteiger partial charge in [0.15, 0.2) is 0 Å². The maximum Gasteiger partial charge on any atom is 0.339 e. The number of aromatic nitrogens is 3. The van der Waals surface area contributed by atoms with Crippen LogP contribution in [0.4, 0.5) is 8.78 Å². The summed E-state index contributed by atoms with van der Waals surface area (Å²) in [4.78, 5) is 36.9. The molecule has 1 aliphatic heterocycles. The number of piperidine rings is 1. The number of rotatable bonds is 10. The van der Waals surface area contributed by atoms with Crippen molar-refractivity contribution in [2.75, 3.05) is 13.1 Å². The van der Waals surface area contributed by atoms with Crippen LogP contribution in [0.3, 0.4) is 0 Å². The fourth-order valence-corrected chi connectivity index (χ4v) is 5.33. The number of amides is 1. The molecule has 0 saturated carbocycles. The normalized spacial score (nSPS) is 13.3. The first-order valence-corrected chi connectivity index (χ1v) is 15.1. The van der Waals surface area contributed by atoms with Gasteiger partial charge in [0.1, 0.15) is 28.9 Å². The summed E-state index contributed by atoms with van der Waals surface area (Å²) in [6.45, 7) is 2.60. The van der Waals surface area contributed by atoms with Gasteiger partial charge < -0.3 is 34.9 Å². The zero-order valence-corrected chi connectivity index (χ0v) is 25.8. The number of benzene rings is 3. The Bertz CT molecular complexity index is 1960. The summed E-state index contributed by atoms with van der Waals surface area (Å²) >= 11 is 0. The molecule has 5 aromatic rings. The van der Waals surface area contributed by atoms with Gasteiger partial charge in [0.25, 0.3) is 17.7 Å². The Labute approximate surface area is 273 Å². The average Bonchev–Trinajstić information content (AvgIpc) is 3.64. The van der Waals surface area contributed by atoms with E-state index in [1.165, 1.54) is 24.7 Å². The van der Waals surface area contributed by atoms with Crippen LogP contribution in [0.15, 0.2) is 79.3 Å². The predicted molar refractivity (Wildman–Crippen MR) is 170 cm³/mol. The Balaban J connectivity index is 1.32. The lowest BCUT2D eigenvalue weighted by Crippen LogP contribution is -2.42. The molecule has 4 N–H and O–H groups in total. The number of likely N-dealkylation sites (tertiary alicyclic amines) is 1. The van der Waals surface area contributed by atoms with Crippen molar-refractivity contribution >= 4 is 11.9 Å². The topological polar surface area (TPSA) is 153 Å². The van der Waals surface area contributed by atoms with E-state index >= 15 is 8.78 Å². The maximum absolute atomic E-state index is 16.1. The van der Waals surface area contributed by atoms with Gasteiger partial charge in [0.2, 0.25) is 17.4 Å². The van der Waals surface area contributed by atoms with E-state index in [2.05, 4.69) is 15.0 Å². The van der Waals surface area contributed by atoms with Crippen molar-refractivity contribution in [1.82, 2.24) is 19.9 Å². The van der Waals surface area contributed by atoms with Crippen molar-refractivity contribution in [3.8, 4) is 40.1 Å². The number of carboxylic acid groups (broad SMARTS) is 1. The van der Waals surface area contributed by atoms with Crippen LogP contribution >= 0.6 is 0 Å². The van der Waals surface area contributed by atoms with Gasteiger partial charge in [0.05, 0.1) is 12.5 Å². The van der Waals surface area contributed by atoms with E-state index in [4.69, 9.17) is 19.9 Å². The highest BCUT2D eigenvalue weighted by molar-refractivity contribution is 5.92. The number of carboxylic acids is 1. The number of carbonyl (C=O) groups excluding carboxylic acids is 1. The monoisotopic (exact) mass is 655 g/mol. The summed E-state index contributed by atoms with van der Waals surface area (Å²) in [5, 5.41) is 9.70. The second kappa shape index (κ2) is 13.9. The molecule has 0 radical (unpaired) electrons. The quantitative estimate of drug-likeness (QED) is 0.153. The van der Waals surface area contributed by atoms with Crippen LogP contribution in [0.1, 0.15) is 44.8 Å². The molecule has 13 heteroatoms. The van der Waals surface area contributed by atoms with Crippen molar-refractivity contribution in [2.24, 2.45) is 5.73 Å². The molecule has 0 spiro atoms. The number of carbonyl (C=O) groups is 2. The first kappa shape index (κ1) is 32.1. The molecule has 6 rings (SSSR count). The molecule has 11 nitrogen and oxygen atoms in total. The summed E-state index contributed by atoms with van der Waals surface area (Å²) in [7, 11) is 0. The minimum Gasteiger partial charge on any atom is -0.484 e. The van der Waals surface area contributed by atoms with E-state index in [9.17, 15) is 14.7 Å². The molecule has 1 fully saturated rings. The lowest BCUT2D eigenvalue weighted by atomic mass is 10.0. The molecule has 2 aromatic heterocycles. The van der Waals surface area contributed by atoms with Gasteiger partial charge in [-0.1, -0.05) is 36.4 Å². The molecule has 0 bridgehead atoms. The van der Waals surface area contributed by atoms with Gasteiger partial charge in [-0.2, -0.15) is 13.8 Å². The number of imidazole rings is 1. The molecule has 0 unspecified atom stereocenters. The molecule has 0 aliphatic carbocycles. The summed E-state index contributed by atoms with van der Waals surface area (Å²) in [5.74, 6) is -6.26. The second-order valence-electron chi connectivity index (χ2n) is 11.2. The van der Waals surface area contributed by atoms with Crippen LogP contribution in [0.5, 0.6) is 29.0 Å². The van der Waals surface area contributed by atoms with Gasteiger partial charge in [-0.15, -0.1) is 0 Å². The third-order valence-electron chi connectivity index (χ3n) is 7.84. The van der Waals surface area contributed by atoms with Crippen molar-refractivity contribution in [2.45, 2.75) is 32.4 Å². The Hall–Kier alpha value is -5.82. The lowest BCUT2D eigenvalue weighted by molar-refractivity contribution is 0.0572. The first-order chi connectivity index (χ1) is 23.2. The second-order valence-corrected chi connectivity index (χ2v) is 11.2. The number of hydrogen-bond acceptors (Lipinski definition) is 8. The van der Waals surface area contributed by atoms with Crippen LogP contribution in [-0.4, -0.2) is 56.0 Å². The minimum absolute atomic E-state index is 0.188. The summed E-state index contributed by atoms with van der Waals surface area (Å²) in [6.07, 6.45) is 2.71. The number of H-pyrrole nitrogens is 1. The molecular formula is C35H31F2N5O6. The van der Waals surface area contributed by atoms with Crippen LogP contribution in [0.25, 0.3) is 11.1 Å². The number of aromatic carboxylic acids is 1. The minimum atomic E-state index is -1.31. The van der Waals surface area contributed by atoms with Gasteiger partial charge in [0, 0.05) is 32.5 Å². The van der Waals surface area contributed by atoms with Crippen molar-refractivity contribution in [3.63, 3.8) is 0 Å². The zero-order chi connectivity index (χ0) is 33.8. The maximum atomic E-state index is 16.1. The fourth-order valence-electron chi connectivity index (χ4n) is 5.33. The van der Waals surface area contributed by atoms with E-state index in [0.29, 0.717) is 17.8 Å². The predicted octanol–water partition coefficient (Wildman–Crippen LogP) is 6.48. The highest BCUT2D eigenvalue weighted by Gasteiger charge is 2.31. The third kappa shape index (κ3) is 6.95. The van der Waals surface area contributed by atoms with Gasteiger partial charge in [-0.25, -0.2) is 9.78 Å². The van der Waals surface area contributed by atoms with Gasteiger partial charge in [-0.05, 0) is 59.5 Å². The highest BCUT2D eigenvalue weighted by Crippen LogP contribution is 2.40. The van der Waals surface area contributed by atoms with Crippen LogP contribution in [0.2, 0.25) is 0 Å². The number of nitrogens with one attached hydrogen (secondary N) is 1. The highest BCUT2D eigenvalue weighted by atomic mass is 19.1. The molecule has 1 aliphatic rings. The van der Waals surface area contributed by atoms with Gasteiger partial charge in [-0.3, -0.25) is 4.79 Å². The molecule has 3 heterocycles. The van der Waals surface area contributed by atoms with E-state index < -0.39 is 41.2 Å². The number of halogens is 2.